The van der Waals surface area contributed by atoms with Gasteiger partial charge in [0.05, 0.1) is 6.61 Å². The molecule has 1 saturated heterocycles. The lowest BCUT2D eigenvalue weighted by Gasteiger charge is -2.23. The van der Waals surface area contributed by atoms with Gasteiger partial charge in [-0.15, -0.1) is 0 Å². The molecule has 2 unspecified atom stereocenters. The van der Waals surface area contributed by atoms with Gasteiger partial charge in [0.15, 0.2) is 0 Å². The van der Waals surface area contributed by atoms with Crippen LogP contribution in [0.5, 0.6) is 0 Å². The van der Waals surface area contributed by atoms with Gasteiger partial charge >= 0.3 is 6.09 Å². The highest BCUT2D eigenvalue weighted by atomic mass is 16.6. The van der Waals surface area contributed by atoms with Gasteiger partial charge in [0.1, 0.15) is 6.10 Å². The summed E-state index contributed by atoms with van der Waals surface area (Å²) in [7, 11) is 0. The first kappa shape index (κ1) is 27.2. The van der Waals surface area contributed by atoms with Crippen LogP contribution >= 0.6 is 0 Å². The number of hydrogen-bond acceptors (Lipinski definition) is 4. The average molecular weight is 428 g/mol. The van der Waals surface area contributed by atoms with Crippen LogP contribution in [0.1, 0.15) is 116 Å². The average Bonchev–Trinajstić information content (AvgIpc) is 2.76. The first-order valence-electron chi connectivity index (χ1n) is 12.9. The molecule has 1 aliphatic heterocycles. The zero-order valence-electron chi connectivity index (χ0n) is 19.7. The Morgan fingerprint density at radius 3 is 2.03 bits per heavy atom. The standard InChI is InChI=1S/C25H49NO4/c1-2-3-4-5-6-7-8-9-10-11-12-13-14-15-17-23(21-27)20-26-25(28)30-24-18-16-19-29-22-24/h23-24,27H,2-22H2,1H3,(H,26,28). The monoisotopic (exact) mass is 427 g/mol. The first-order valence-corrected chi connectivity index (χ1v) is 12.9. The van der Waals surface area contributed by atoms with E-state index in [0.29, 0.717) is 13.2 Å². The number of nitrogens with one attached hydrogen (secondary N) is 1. The molecular weight excluding hydrogens is 378 g/mol. The van der Waals surface area contributed by atoms with Crippen molar-refractivity contribution in [3.8, 4) is 0 Å². The molecule has 1 amide bonds. The lowest BCUT2D eigenvalue weighted by molar-refractivity contribution is -0.0167. The van der Waals surface area contributed by atoms with Crippen LogP contribution in [0.25, 0.3) is 0 Å². The van der Waals surface area contributed by atoms with Gasteiger partial charge < -0.3 is 19.9 Å². The molecule has 2 N–H and O–H groups in total. The van der Waals surface area contributed by atoms with Crippen LogP contribution in [0.4, 0.5) is 4.79 Å². The maximum absolute atomic E-state index is 11.9. The van der Waals surface area contributed by atoms with E-state index in [0.717, 1.165) is 32.3 Å². The van der Waals surface area contributed by atoms with Crippen molar-refractivity contribution in [2.24, 2.45) is 5.92 Å². The molecule has 0 aromatic heterocycles. The minimum atomic E-state index is -0.384. The van der Waals surface area contributed by atoms with E-state index >= 15 is 0 Å². The number of unbranched alkanes of at least 4 members (excludes halogenated alkanes) is 13. The Morgan fingerprint density at radius 1 is 0.967 bits per heavy atom. The summed E-state index contributed by atoms with van der Waals surface area (Å²) in [6.07, 6.45) is 21.2. The predicted molar refractivity (Wildman–Crippen MR) is 124 cm³/mol. The number of alkyl carbamates (subject to hydrolysis) is 1. The summed E-state index contributed by atoms with van der Waals surface area (Å²) in [5.41, 5.74) is 0. The van der Waals surface area contributed by atoms with E-state index in [-0.39, 0.29) is 24.7 Å². The van der Waals surface area contributed by atoms with Crippen LogP contribution in [0, 0.1) is 5.92 Å². The van der Waals surface area contributed by atoms with E-state index < -0.39 is 0 Å². The van der Waals surface area contributed by atoms with Gasteiger partial charge in [0.2, 0.25) is 0 Å². The molecule has 1 rings (SSSR count). The highest BCUT2D eigenvalue weighted by Gasteiger charge is 2.18. The van der Waals surface area contributed by atoms with Crippen molar-refractivity contribution >= 4 is 6.09 Å². The quantitative estimate of drug-likeness (QED) is 0.235. The number of aliphatic hydroxyl groups excluding tert-OH is 1. The van der Waals surface area contributed by atoms with Crippen molar-refractivity contribution in [2.45, 2.75) is 122 Å². The molecule has 2 atom stereocenters. The molecule has 0 aromatic carbocycles. The number of carbonyl (C=O) groups excluding carboxylic acids is 1. The van der Waals surface area contributed by atoms with Gasteiger partial charge in [0.25, 0.3) is 0 Å². The van der Waals surface area contributed by atoms with Gasteiger partial charge in [-0.05, 0) is 25.2 Å². The molecular formula is C25H49NO4. The van der Waals surface area contributed by atoms with E-state index in [1.807, 2.05) is 0 Å². The Balaban J connectivity index is 1.86. The lowest BCUT2D eigenvalue weighted by atomic mass is 10.00. The summed E-state index contributed by atoms with van der Waals surface area (Å²) in [5.74, 6) is 0.123. The normalized spacial score (nSPS) is 17.6. The third-order valence-electron chi connectivity index (χ3n) is 6.15. The molecule has 1 fully saturated rings. The van der Waals surface area contributed by atoms with Crippen molar-refractivity contribution in [3.05, 3.63) is 0 Å². The first-order chi connectivity index (χ1) is 14.8. The third kappa shape index (κ3) is 16.0. The third-order valence-corrected chi connectivity index (χ3v) is 6.15. The van der Waals surface area contributed by atoms with E-state index in [1.54, 1.807) is 0 Å². The summed E-state index contributed by atoms with van der Waals surface area (Å²) in [4.78, 5) is 11.9. The lowest BCUT2D eigenvalue weighted by Crippen LogP contribution is -2.36. The predicted octanol–water partition coefficient (Wildman–Crippen LogP) is 6.37. The number of rotatable bonds is 19. The van der Waals surface area contributed by atoms with E-state index in [9.17, 15) is 9.90 Å². The van der Waals surface area contributed by atoms with Gasteiger partial charge in [-0.2, -0.15) is 0 Å². The van der Waals surface area contributed by atoms with Crippen LogP contribution in [-0.4, -0.2) is 43.7 Å². The number of aliphatic hydroxyl groups is 1. The van der Waals surface area contributed by atoms with Crippen molar-refractivity contribution in [3.63, 3.8) is 0 Å². The smallest absolute Gasteiger partial charge is 0.407 e. The van der Waals surface area contributed by atoms with Crippen LogP contribution < -0.4 is 5.32 Å². The minimum absolute atomic E-state index is 0.116. The SMILES string of the molecule is CCCCCCCCCCCCCCCCC(CO)CNC(=O)OC1CCCOC1. The van der Waals surface area contributed by atoms with Crippen molar-refractivity contribution in [1.29, 1.82) is 0 Å². The summed E-state index contributed by atoms with van der Waals surface area (Å²) in [6.45, 7) is 4.13. The van der Waals surface area contributed by atoms with E-state index in [2.05, 4.69) is 12.2 Å². The molecule has 0 aliphatic carbocycles. The van der Waals surface area contributed by atoms with Gasteiger partial charge in [0, 0.05) is 19.8 Å². The zero-order valence-corrected chi connectivity index (χ0v) is 19.7. The fourth-order valence-electron chi connectivity index (χ4n) is 4.11. The van der Waals surface area contributed by atoms with Gasteiger partial charge in [-0.25, -0.2) is 4.79 Å². The molecule has 178 valence electrons. The number of amides is 1. The largest absolute Gasteiger partial charge is 0.444 e. The Morgan fingerprint density at radius 2 is 1.53 bits per heavy atom. The Bertz CT molecular complexity index is 385. The molecule has 0 spiro atoms. The van der Waals surface area contributed by atoms with Crippen molar-refractivity contribution in [1.82, 2.24) is 5.32 Å². The molecule has 5 heteroatoms. The molecule has 0 bridgehead atoms. The molecule has 0 saturated carbocycles. The highest BCUT2D eigenvalue weighted by Crippen LogP contribution is 2.15. The van der Waals surface area contributed by atoms with E-state index in [4.69, 9.17) is 9.47 Å². The second-order valence-corrected chi connectivity index (χ2v) is 9.06. The second kappa shape index (κ2) is 20.1. The summed E-state index contributed by atoms with van der Waals surface area (Å²) in [6, 6.07) is 0. The van der Waals surface area contributed by atoms with Crippen molar-refractivity contribution in [2.75, 3.05) is 26.4 Å². The van der Waals surface area contributed by atoms with Crippen LogP contribution in [0.2, 0.25) is 0 Å². The van der Waals surface area contributed by atoms with Crippen LogP contribution in [-0.2, 0) is 9.47 Å². The van der Waals surface area contributed by atoms with Crippen LogP contribution in [0.15, 0.2) is 0 Å². The Kier molecular flexibility index (Phi) is 18.3. The Labute approximate surface area is 185 Å². The maximum Gasteiger partial charge on any atom is 0.407 e. The maximum atomic E-state index is 11.9. The fraction of sp³-hybridized carbons (Fsp3) is 0.960. The van der Waals surface area contributed by atoms with Crippen LogP contribution in [0.3, 0.4) is 0 Å². The summed E-state index contributed by atoms with van der Waals surface area (Å²) >= 11 is 0. The molecule has 0 aromatic rings. The van der Waals surface area contributed by atoms with Gasteiger partial charge in [-0.3, -0.25) is 0 Å². The number of ether oxygens (including phenoxy) is 2. The minimum Gasteiger partial charge on any atom is -0.444 e. The van der Waals surface area contributed by atoms with Crippen molar-refractivity contribution < 1.29 is 19.4 Å². The second-order valence-electron chi connectivity index (χ2n) is 9.06. The highest BCUT2D eigenvalue weighted by molar-refractivity contribution is 5.67. The van der Waals surface area contributed by atoms with Gasteiger partial charge in [-0.1, -0.05) is 96.8 Å². The molecule has 5 nitrogen and oxygen atoms in total. The topological polar surface area (TPSA) is 67.8 Å². The number of carbonyl (C=O) groups is 1. The molecule has 1 aliphatic rings. The van der Waals surface area contributed by atoms with E-state index in [1.165, 1.54) is 83.5 Å². The number of hydrogen-bond donors (Lipinski definition) is 2. The zero-order chi connectivity index (χ0) is 21.7. The molecule has 30 heavy (non-hydrogen) atoms. The molecule has 1 heterocycles. The fourth-order valence-corrected chi connectivity index (χ4v) is 4.11. The Hall–Kier alpha value is -0.810. The molecule has 0 radical (unpaired) electrons. The summed E-state index contributed by atoms with van der Waals surface area (Å²) in [5, 5.41) is 12.4. The summed E-state index contributed by atoms with van der Waals surface area (Å²) < 4.78 is 10.7.